The summed E-state index contributed by atoms with van der Waals surface area (Å²) in [4.78, 5) is 44.7. The summed E-state index contributed by atoms with van der Waals surface area (Å²) in [5.41, 5.74) is 6.02. The Kier molecular flexibility index (Phi) is 10.8. The van der Waals surface area contributed by atoms with Gasteiger partial charge in [-0.2, -0.15) is 0 Å². The van der Waals surface area contributed by atoms with E-state index in [4.69, 9.17) is 21.8 Å². The van der Waals surface area contributed by atoms with Crippen LogP contribution >= 0.6 is 11.8 Å². The number of nitrogens with two attached hydrogens (primary N) is 1. The molecule has 2 aliphatic rings. The van der Waals surface area contributed by atoms with Gasteiger partial charge in [-0.1, -0.05) is 12.1 Å². The number of rotatable bonds is 11. The zero-order chi connectivity index (χ0) is 35.5. The number of carbonyl (C=O) groups is 3. The monoisotopic (exact) mass is 694 g/mol. The number of primary amides is 1. The van der Waals surface area contributed by atoms with Crippen molar-refractivity contribution in [3.05, 3.63) is 94.1 Å². The molecule has 49 heavy (non-hydrogen) atoms. The third-order valence-electron chi connectivity index (χ3n) is 8.33. The number of piperidine rings is 1. The number of benzene rings is 3. The zero-order valence-electron chi connectivity index (χ0n) is 27.4. The third-order valence-corrected chi connectivity index (χ3v) is 9.64. The minimum atomic E-state index is -1.08. The van der Waals surface area contributed by atoms with Crippen molar-refractivity contribution in [3.63, 3.8) is 0 Å². The first kappa shape index (κ1) is 35.6. The van der Waals surface area contributed by atoms with Gasteiger partial charge in [0.25, 0.3) is 5.91 Å². The maximum atomic E-state index is 15.2. The average molecular weight is 695 g/mol. The van der Waals surface area contributed by atoms with E-state index in [1.54, 1.807) is 51.1 Å². The molecule has 13 heteroatoms. The Balaban J connectivity index is 1.20. The second-order valence-corrected chi connectivity index (χ2v) is 14.3. The van der Waals surface area contributed by atoms with Crippen LogP contribution in [-0.4, -0.2) is 52.7 Å². The first-order valence-corrected chi connectivity index (χ1v) is 16.8. The van der Waals surface area contributed by atoms with Crippen molar-refractivity contribution in [1.29, 1.82) is 0 Å². The van der Waals surface area contributed by atoms with E-state index < -0.39 is 53.5 Å². The molecule has 3 aromatic rings. The van der Waals surface area contributed by atoms with Crippen molar-refractivity contribution in [3.8, 4) is 5.75 Å². The highest BCUT2D eigenvalue weighted by Crippen LogP contribution is 2.36. The molecule has 2 heterocycles. The van der Waals surface area contributed by atoms with Gasteiger partial charge in [-0.05, 0) is 76.4 Å². The van der Waals surface area contributed by atoms with Crippen LogP contribution in [0.3, 0.4) is 0 Å². The molecule has 0 unspecified atom stereocenters. The Morgan fingerprint density at radius 3 is 2.37 bits per heavy atom. The molecular weight excluding hydrogens is 657 g/mol. The van der Waals surface area contributed by atoms with E-state index in [9.17, 15) is 18.8 Å². The molecule has 0 saturated carbocycles. The molecule has 0 aliphatic carbocycles. The third kappa shape index (κ3) is 8.48. The second-order valence-electron chi connectivity index (χ2n) is 13.0. The van der Waals surface area contributed by atoms with Crippen molar-refractivity contribution in [2.75, 3.05) is 18.0 Å². The van der Waals surface area contributed by atoms with Gasteiger partial charge in [-0.3, -0.25) is 14.4 Å². The highest BCUT2D eigenvalue weighted by molar-refractivity contribution is 8.00. The van der Waals surface area contributed by atoms with Gasteiger partial charge in [0.2, 0.25) is 5.91 Å². The van der Waals surface area contributed by atoms with Gasteiger partial charge in [0.1, 0.15) is 41.5 Å². The molecule has 2 N–H and O–H groups in total. The number of fused-ring (bicyclic) bond motifs is 1. The Hall–Kier alpha value is -4.70. The minimum Gasteiger partial charge on any atom is -0.488 e. The lowest BCUT2D eigenvalue weighted by Crippen LogP contribution is -2.45. The Morgan fingerprint density at radius 2 is 1.76 bits per heavy atom. The van der Waals surface area contributed by atoms with Crippen molar-refractivity contribution < 1.29 is 37.0 Å². The van der Waals surface area contributed by atoms with Crippen LogP contribution in [0, 0.1) is 24.0 Å². The lowest BCUT2D eigenvalue weighted by atomic mass is 10.1. The summed E-state index contributed by atoms with van der Waals surface area (Å²) >= 11 is 1.36. The zero-order valence-corrected chi connectivity index (χ0v) is 28.2. The molecule has 2 amide bonds. The fraction of sp³-hybridized carbons (Fsp3) is 0.389. The first-order valence-electron chi connectivity index (χ1n) is 15.9. The van der Waals surface area contributed by atoms with E-state index in [1.807, 2.05) is 4.90 Å². The molecular formula is C36H37F3N4O5S. The number of nitrogens with zero attached hydrogens (tertiary/aromatic N) is 3. The molecule has 3 aromatic carbocycles. The number of amides is 2. The molecule has 258 valence electrons. The molecule has 2 aliphatic heterocycles. The van der Waals surface area contributed by atoms with E-state index in [0.717, 1.165) is 0 Å². The second kappa shape index (κ2) is 14.8. The van der Waals surface area contributed by atoms with Crippen LogP contribution in [0.15, 0.2) is 53.4 Å². The number of thioether (sulfide) groups is 1. The molecule has 1 fully saturated rings. The average Bonchev–Trinajstić information content (AvgIpc) is 3.36. The van der Waals surface area contributed by atoms with E-state index >= 15 is 8.78 Å². The van der Waals surface area contributed by atoms with Gasteiger partial charge in [0, 0.05) is 40.8 Å². The molecule has 5 rings (SSSR count). The summed E-state index contributed by atoms with van der Waals surface area (Å²) < 4.78 is 56.1. The van der Waals surface area contributed by atoms with E-state index in [-0.39, 0.29) is 47.2 Å². The van der Waals surface area contributed by atoms with Crippen LogP contribution in [0.2, 0.25) is 0 Å². The fourth-order valence-corrected chi connectivity index (χ4v) is 7.15. The molecule has 0 radical (unpaired) electrons. The molecule has 9 nitrogen and oxygen atoms in total. The van der Waals surface area contributed by atoms with Crippen molar-refractivity contribution in [2.45, 2.75) is 81.4 Å². The van der Waals surface area contributed by atoms with Gasteiger partial charge in [-0.25, -0.2) is 18.0 Å². The molecule has 1 atom stereocenters. The number of hydrogen-bond acceptors (Lipinski definition) is 7. The number of hydrogen-bond donors (Lipinski definition) is 1. The predicted octanol–water partition coefficient (Wildman–Crippen LogP) is 6.93. The van der Waals surface area contributed by atoms with Gasteiger partial charge < -0.3 is 25.0 Å². The Morgan fingerprint density at radius 1 is 1.06 bits per heavy atom. The maximum absolute atomic E-state index is 15.2. The summed E-state index contributed by atoms with van der Waals surface area (Å²) in [5, 5.41) is 0.0727. The van der Waals surface area contributed by atoms with Crippen LogP contribution in [0.25, 0.3) is 4.85 Å². The molecule has 0 spiro atoms. The highest BCUT2D eigenvalue weighted by atomic mass is 32.2. The lowest BCUT2D eigenvalue weighted by molar-refractivity contribution is -0.155. The normalized spacial score (nSPS) is 15.5. The van der Waals surface area contributed by atoms with Crippen molar-refractivity contribution in [1.82, 2.24) is 4.90 Å². The van der Waals surface area contributed by atoms with Gasteiger partial charge >= 0.3 is 5.97 Å². The smallest absolute Gasteiger partial charge is 0.306 e. The van der Waals surface area contributed by atoms with E-state index in [2.05, 4.69) is 4.85 Å². The van der Waals surface area contributed by atoms with Crippen molar-refractivity contribution in [2.24, 2.45) is 5.73 Å². The van der Waals surface area contributed by atoms with Crippen LogP contribution in [0.1, 0.15) is 67.9 Å². The lowest BCUT2D eigenvalue weighted by Gasteiger charge is -2.33. The largest absolute Gasteiger partial charge is 0.488 e. The Labute approximate surface area is 287 Å². The number of anilines is 1. The summed E-state index contributed by atoms with van der Waals surface area (Å²) in [6.07, 6.45) is 1.20. The number of esters is 1. The predicted molar refractivity (Wildman–Crippen MR) is 179 cm³/mol. The fourth-order valence-electron chi connectivity index (χ4n) is 5.98. The number of ether oxygens (including phenoxy) is 2. The SMILES string of the molecule is [C-]#[N+]c1ccc(N2CCC(Sc3cc(F)c(COc4cccc5c4CN([C@@H](CCC(=O)OC(C)(C)C)C(N)=O)C5=O)c(F)c3)CC2)c(F)c1. The molecule has 0 bridgehead atoms. The van der Waals surface area contributed by atoms with E-state index in [1.165, 1.54) is 34.9 Å². The number of halogens is 3. The maximum Gasteiger partial charge on any atom is 0.306 e. The van der Waals surface area contributed by atoms with Crippen molar-refractivity contribution >= 4 is 40.9 Å². The van der Waals surface area contributed by atoms with Gasteiger partial charge in [0.05, 0.1) is 24.4 Å². The van der Waals surface area contributed by atoms with Crippen LogP contribution in [-0.2, 0) is 27.5 Å². The van der Waals surface area contributed by atoms with Crippen LogP contribution < -0.4 is 15.4 Å². The van der Waals surface area contributed by atoms with Crippen LogP contribution in [0.5, 0.6) is 5.75 Å². The Bertz CT molecular complexity index is 1780. The van der Waals surface area contributed by atoms with Crippen LogP contribution in [0.4, 0.5) is 24.5 Å². The summed E-state index contributed by atoms with van der Waals surface area (Å²) in [6.45, 7) is 12.9. The first-order chi connectivity index (χ1) is 23.2. The molecule has 1 saturated heterocycles. The van der Waals surface area contributed by atoms with Gasteiger partial charge in [0.15, 0.2) is 5.69 Å². The summed E-state index contributed by atoms with van der Waals surface area (Å²) in [5.74, 6) is -3.54. The van der Waals surface area contributed by atoms with Gasteiger partial charge in [-0.15, -0.1) is 11.8 Å². The van der Waals surface area contributed by atoms with E-state index in [0.29, 0.717) is 42.1 Å². The highest BCUT2D eigenvalue weighted by Gasteiger charge is 2.37. The topological polar surface area (TPSA) is 107 Å². The number of carbonyl (C=O) groups excluding carboxylic acids is 3. The quantitative estimate of drug-likeness (QED) is 0.172. The minimum absolute atomic E-state index is 0.0311. The standard InChI is InChI=1S/C36H37F3N4O5S/c1-36(2,3)48-33(44)11-10-31(34(40)45)43-19-25-24(35(43)46)6-5-7-32(25)47-20-26-27(37)17-23(18-28(26)38)49-22-12-14-42(15-13-22)30-9-8-21(41-4)16-29(30)39/h5-9,16-18,22,31H,10-15,19-20H2,1-3H3,(H2,40,45)/t31-/m0/s1. The summed E-state index contributed by atoms with van der Waals surface area (Å²) in [6, 6.07) is 10.6. The summed E-state index contributed by atoms with van der Waals surface area (Å²) in [7, 11) is 0. The molecule has 0 aromatic heterocycles.